The van der Waals surface area contributed by atoms with Crippen molar-refractivity contribution in [3.05, 3.63) is 54.1 Å². The summed E-state index contributed by atoms with van der Waals surface area (Å²) in [5.74, 6) is 0. The third-order valence-electron chi connectivity index (χ3n) is 1.73. The monoisotopic (exact) mass is 234 g/mol. The third-order valence-corrected chi connectivity index (χ3v) is 1.73. The van der Waals surface area contributed by atoms with Crippen LogP contribution in [0, 0.1) is 0 Å². The first-order valence-corrected chi connectivity index (χ1v) is 3.93. The van der Waals surface area contributed by atoms with Crippen LogP contribution in [0.2, 0.25) is 0 Å². The Morgan fingerprint density at radius 3 is 2.31 bits per heavy atom. The highest BCUT2D eigenvalue weighted by molar-refractivity contribution is 5.81. The second-order valence-electron chi connectivity index (χ2n) is 2.58. The number of hydrogen-bond donors (Lipinski definition) is 0. The Kier molecular flexibility index (Phi) is 3.65. The number of nitrogens with zero attached hydrogens (tertiary/aromatic N) is 1. The van der Waals surface area contributed by atoms with Crippen molar-refractivity contribution in [2.45, 2.75) is 0 Å². The van der Waals surface area contributed by atoms with Crippen LogP contribution in [0.5, 0.6) is 0 Å². The van der Waals surface area contributed by atoms with Gasteiger partial charge < -0.3 is 17.0 Å². The molecular formula is C11H9BrN. The summed E-state index contributed by atoms with van der Waals surface area (Å²) in [5, 5.41) is 0. The molecule has 0 saturated carbocycles. The van der Waals surface area contributed by atoms with Crippen LogP contribution in [0.3, 0.4) is 0 Å². The average Bonchev–Trinajstić information content (AvgIpc) is 2.21. The second kappa shape index (κ2) is 4.77. The molecule has 0 saturated heterocycles. The Labute approximate surface area is 88.3 Å². The van der Waals surface area contributed by atoms with Crippen LogP contribution in [0.4, 0.5) is 0 Å². The van der Waals surface area contributed by atoms with Crippen LogP contribution in [0.15, 0.2) is 48.6 Å². The van der Waals surface area contributed by atoms with Crippen LogP contribution in [-0.2, 0) is 0 Å². The summed E-state index contributed by atoms with van der Waals surface area (Å²) in [6.45, 7) is 0. The van der Waals surface area contributed by atoms with Crippen LogP contribution < -0.4 is 22.0 Å². The molecule has 0 spiro atoms. The highest BCUT2D eigenvalue weighted by Gasteiger charge is 2.09. The Bertz CT molecular complexity index is 350. The summed E-state index contributed by atoms with van der Waals surface area (Å²) in [7, 11) is 0. The predicted molar refractivity (Wildman–Crippen MR) is 51.8 cm³/mol. The van der Waals surface area contributed by atoms with Crippen LogP contribution in [0.25, 0.3) is 5.70 Å². The molecule has 1 aliphatic heterocycles. The highest BCUT2D eigenvalue weighted by atomic mass is 79.9. The summed E-state index contributed by atoms with van der Waals surface area (Å²) >= 11 is 0. The molecule has 0 fully saturated rings. The second-order valence-corrected chi connectivity index (χ2v) is 2.58. The van der Waals surface area contributed by atoms with E-state index >= 15 is 0 Å². The van der Waals surface area contributed by atoms with Crippen LogP contribution in [-0.4, -0.2) is 6.21 Å². The molecule has 0 aromatic heterocycles. The van der Waals surface area contributed by atoms with E-state index in [1.807, 2.05) is 42.6 Å². The largest absolute Gasteiger partial charge is 1.00 e. The predicted octanol–water partition coefficient (Wildman–Crippen LogP) is -0.992. The summed E-state index contributed by atoms with van der Waals surface area (Å²) in [5.41, 5.74) is 2.19. The minimum absolute atomic E-state index is 0. The standard InChI is InChI=1S/C11H9N.BrH/c1-2-6-10(7-3-1)11-8-4-5-9-12-11;/h1-9H;1H/q+1;/p-1. The fourth-order valence-corrected chi connectivity index (χ4v) is 1.14. The fraction of sp³-hybridized carbons (Fsp3) is 0. The average molecular weight is 235 g/mol. The van der Waals surface area contributed by atoms with Gasteiger partial charge in [0.1, 0.15) is 0 Å². The molecule has 13 heavy (non-hydrogen) atoms. The van der Waals surface area contributed by atoms with Crippen LogP contribution in [0.1, 0.15) is 5.56 Å². The number of allylic oxidation sites excluding steroid dienone is 3. The Morgan fingerprint density at radius 1 is 0.923 bits per heavy atom. The molecule has 0 bridgehead atoms. The summed E-state index contributed by atoms with van der Waals surface area (Å²) in [6.07, 6.45) is 7.74. The van der Waals surface area contributed by atoms with Gasteiger partial charge in [-0.2, -0.15) is 0 Å². The smallest absolute Gasteiger partial charge is 0.284 e. The van der Waals surface area contributed by atoms with Crippen molar-refractivity contribution in [1.82, 2.24) is 4.99 Å². The molecule has 0 amide bonds. The van der Waals surface area contributed by atoms with Gasteiger partial charge in [0.2, 0.25) is 6.21 Å². The number of benzene rings is 1. The van der Waals surface area contributed by atoms with Crippen LogP contribution >= 0.6 is 0 Å². The lowest BCUT2D eigenvalue weighted by atomic mass is 10.1. The van der Waals surface area contributed by atoms with Gasteiger partial charge >= 0.3 is 0 Å². The molecular weight excluding hydrogens is 226 g/mol. The van der Waals surface area contributed by atoms with E-state index in [0.717, 1.165) is 11.3 Å². The number of hydrogen-bond acceptors (Lipinski definition) is 1. The quantitative estimate of drug-likeness (QED) is 0.593. The molecule has 65 valence electrons. The molecule has 1 radical (unpaired) electrons. The van der Waals surface area contributed by atoms with Gasteiger partial charge in [-0.15, -0.1) is 0 Å². The van der Waals surface area contributed by atoms with Gasteiger partial charge in [-0.3, -0.25) is 0 Å². The first-order valence-electron chi connectivity index (χ1n) is 3.93. The maximum Gasteiger partial charge on any atom is 0.284 e. The topological polar surface area (TPSA) is 14.1 Å². The number of halogens is 1. The van der Waals surface area contributed by atoms with Crippen molar-refractivity contribution in [2.75, 3.05) is 0 Å². The lowest BCUT2D eigenvalue weighted by Gasteiger charge is -1.90. The van der Waals surface area contributed by atoms with Crippen molar-refractivity contribution >= 4 is 11.9 Å². The van der Waals surface area contributed by atoms with Crippen molar-refractivity contribution in [1.29, 1.82) is 0 Å². The third kappa shape index (κ3) is 2.39. The fourth-order valence-electron chi connectivity index (χ4n) is 1.14. The van der Waals surface area contributed by atoms with E-state index in [-0.39, 0.29) is 17.0 Å². The number of aliphatic imine (C=N–C) groups is 1. The van der Waals surface area contributed by atoms with Gasteiger partial charge in [0.15, 0.2) is 0 Å². The molecule has 1 heterocycles. The lowest BCUT2D eigenvalue weighted by Crippen LogP contribution is -3.00. The van der Waals surface area contributed by atoms with Gasteiger partial charge in [-0.25, -0.2) is 0 Å². The van der Waals surface area contributed by atoms with Crippen molar-refractivity contribution < 1.29 is 17.0 Å². The van der Waals surface area contributed by atoms with Gasteiger partial charge in [0.25, 0.3) is 5.70 Å². The molecule has 0 aliphatic carbocycles. The van der Waals surface area contributed by atoms with E-state index in [1.165, 1.54) is 0 Å². The van der Waals surface area contributed by atoms with E-state index in [0.29, 0.717) is 0 Å². The molecule has 1 nitrogen and oxygen atoms in total. The molecule has 1 aromatic carbocycles. The van der Waals surface area contributed by atoms with Crippen molar-refractivity contribution in [2.24, 2.45) is 0 Å². The minimum Gasteiger partial charge on any atom is -1.00 e. The van der Waals surface area contributed by atoms with E-state index < -0.39 is 0 Å². The van der Waals surface area contributed by atoms with E-state index in [4.69, 9.17) is 0 Å². The van der Waals surface area contributed by atoms with Gasteiger partial charge in [-0.05, 0) is 18.2 Å². The van der Waals surface area contributed by atoms with E-state index in [2.05, 4.69) is 17.1 Å². The van der Waals surface area contributed by atoms with E-state index in [9.17, 15) is 0 Å². The zero-order chi connectivity index (χ0) is 8.23. The maximum absolute atomic E-state index is 4.25. The Balaban J connectivity index is 0.000000845. The van der Waals surface area contributed by atoms with Gasteiger partial charge in [0, 0.05) is 12.2 Å². The van der Waals surface area contributed by atoms with Gasteiger partial charge in [-0.1, -0.05) is 18.2 Å². The Hall–Kier alpha value is -1.15. The zero-order valence-corrected chi connectivity index (χ0v) is 8.61. The number of rotatable bonds is 1. The molecule has 0 N–H and O–H groups in total. The first-order chi connectivity index (χ1) is 5.97. The summed E-state index contributed by atoms with van der Waals surface area (Å²) in [4.78, 5) is 4.25. The molecule has 1 aliphatic rings. The lowest BCUT2D eigenvalue weighted by molar-refractivity contribution is -0.00000237. The zero-order valence-electron chi connectivity index (χ0n) is 7.02. The molecule has 1 aromatic rings. The molecule has 2 heteroatoms. The van der Waals surface area contributed by atoms with Crippen molar-refractivity contribution in [3.63, 3.8) is 0 Å². The summed E-state index contributed by atoms with van der Waals surface area (Å²) < 4.78 is 0. The first kappa shape index (κ1) is 9.93. The summed E-state index contributed by atoms with van der Waals surface area (Å²) in [6, 6.07) is 10.2. The molecule has 0 atom stereocenters. The highest BCUT2D eigenvalue weighted by Crippen LogP contribution is 2.11. The molecule has 0 unspecified atom stereocenters. The van der Waals surface area contributed by atoms with Gasteiger partial charge in [0.05, 0.1) is 10.6 Å². The maximum atomic E-state index is 4.25. The normalized spacial score (nSPS) is 13.4. The molecule has 2 rings (SSSR count). The van der Waals surface area contributed by atoms with Crippen molar-refractivity contribution in [3.8, 4) is 0 Å². The minimum atomic E-state index is 0. The van der Waals surface area contributed by atoms with E-state index in [1.54, 1.807) is 0 Å². The Morgan fingerprint density at radius 2 is 1.69 bits per heavy atom. The SMILES string of the molecule is C1=CC=C(c2ccccc2)[N+]=C1.[Br-].